The van der Waals surface area contributed by atoms with Gasteiger partial charge < -0.3 is 19.1 Å². The van der Waals surface area contributed by atoms with Gasteiger partial charge in [0, 0.05) is 13.6 Å². The Balaban J connectivity index is 1.40. The van der Waals surface area contributed by atoms with E-state index in [0.29, 0.717) is 31.2 Å². The normalized spacial score (nSPS) is 12.5. The summed E-state index contributed by atoms with van der Waals surface area (Å²) in [5, 5.41) is 0.782. The monoisotopic (exact) mass is 424 g/mol. The van der Waals surface area contributed by atoms with E-state index in [4.69, 9.17) is 14.2 Å². The molecular formula is C23H24N2O4S. The SMILES string of the molecule is Cc1ccc(OCc2nc(C)c(C(=O)N(C)Cc3ccc4c(c3)OCCO4)s2)cc1. The zero-order valence-corrected chi connectivity index (χ0v) is 18.1. The average Bonchev–Trinajstić information content (AvgIpc) is 3.13. The molecule has 0 spiro atoms. The third-order valence-electron chi connectivity index (χ3n) is 4.79. The highest BCUT2D eigenvalue weighted by Crippen LogP contribution is 2.31. The minimum atomic E-state index is -0.0542. The molecule has 6 nitrogen and oxygen atoms in total. The minimum absolute atomic E-state index is 0.0542. The number of hydrogen-bond donors (Lipinski definition) is 0. The van der Waals surface area contributed by atoms with Crippen LogP contribution >= 0.6 is 11.3 Å². The van der Waals surface area contributed by atoms with Crippen molar-refractivity contribution >= 4 is 17.2 Å². The Morgan fingerprint density at radius 3 is 2.60 bits per heavy atom. The van der Waals surface area contributed by atoms with Crippen LogP contribution in [0.3, 0.4) is 0 Å². The van der Waals surface area contributed by atoms with Gasteiger partial charge in [-0.15, -0.1) is 11.3 Å². The number of ether oxygens (including phenoxy) is 3. The Labute approximate surface area is 180 Å². The lowest BCUT2D eigenvalue weighted by Crippen LogP contribution is -2.26. The zero-order valence-electron chi connectivity index (χ0n) is 17.3. The molecule has 0 fully saturated rings. The van der Waals surface area contributed by atoms with Gasteiger partial charge in [0.25, 0.3) is 5.91 Å². The van der Waals surface area contributed by atoms with Crippen LogP contribution in [0.25, 0.3) is 0 Å². The topological polar surface area (TPSA) is 60.9 Å². The number of carbonyl (C=O) groups excluding carboxylic acids is 1. The van der Waals surface area contributed by atoms with Crippen molar-refractivity contribution in [2.45, 2.75) is 27.0 Å². The molecule has 0 saturated carbocycles. The van der Waals surface area contributed by atoms with Gasteiger partial charge in [0.1, 0.15) is 35.5 Å². The minimum Gasteiger partial charge on any atom is -0.486 e. The van der Waals surface area contributed by atoms with Crippen LogP contribution in [-0.4, -0.2) is 36.1 Å². The summed E-state index contributed by atoms with van der Waals surface area (Å²) in [5.41, 5.74) is 2.89. The molecule has 0 N–H and O–H groups in total. The van der Waals surface area contributed by atoms with E-state index in [0.717, 1.165) is 33.5 Å². The van der Waals surface area contributed by atoms with Crippen molar-refractivity contribution in [2.24, 2.45) is 0 Å². The summed E-state index contributed by atoms with van der Waals surface area (Å²) in [6.07, 6.45) is 0. The van der Waals surface area contributed by atoms with E-state index < -0.39 is 0 Å². The van der Waals surface area contributed by atoms with E-state index in [1.807, 2.05) is 56.3 Å². The number of benzene rings is 2. The molecule has 1 aliphatic heterocycles. The van der Waals surface area contributed by atoms with Crippen LogP contribution in [0.5, 0.6) is 17.2 Å². The molecular weight excluding hydrogens is 400 g/mol. The van der Waals surface area contributed by atoms with Gasteiger partial charge >= 0.3 is 0 Å². The Bertz CT molecular complexity index is 1050. The van der Waals surface area contributed by atoms with E-state index in [1.54, 1.807) is 11.9 Å². The summed E-state index contributed by atoms with van der Waals surface area (Å²) < 4.78 is 17.0. The number of rotatable bonds is 6. The van der Waals surface area contributed by atoms with Crippen molar-refractivity contribution in [1.29, 1.82) is 0 Å². The number of nitrogens with zero attached hydrogens (tertiary/aromatic N) is 2. The van der Waals surface area contributed by atoms with E-state index in [1.165, 1.54) is 16.9 Å². The Morgan fingerprint density at radius 2 is 1.83 bits per heavy atom. The van der Waals surface area contributed by atoms with Crippen LogP contribution in [-0.2, 0) is 13.2 Å². The molecule has 1 aromatic heterocycles. The van der Waals surface area contributed by atoms with E-state index >= 15 is 0 Å². The van der Waals surface area contributed by atoms with Crippen molar-refractivity contribution in [3.05, 3.63) is 69.2 Å². The average molecular weight is 425 g/mol. The fraction of sp³-hybridized carbons (Fsp3) is 0.304. The Kier molecular flexibility index (Phi) is 5.90. The fourth-order valence-corrected chi connectivity index (χ4v) is 4.17. The first-order valence-electron chi connectivity index (χ1n) is 9.79. The summed E-state index contributed by atoms with van der Waals surface area (Å²) in [5.74, 6) is 2.21. The smallest absolute Gasteiger partial charge is 0.265 e. The van der Waals surface area contributed by atoms with Crippen LogP contribution in [0.15, 0.2) is 42.5 Å². The molecule has 4 rings (SSSR count). The van der Waals surface area contributed by atoms with E-state index in [-0.39, 0.29) is 5.91 Å². The maximum atomic E-state index is 13.0. The number of carbonyl (C=O) groups is 1. The number of fused-ring (bicyclic) bond motifs is 1. The van der Waals surface area contributed by atoms with Gasteiger partial charge in [0.2, 0.25) is 0 Å². The second-order valence-corrected chi connectivity index (χ2v) is 8.35. The van der Waals surface area contributed by atoms with Gasteiger partial charge in [0.05, 0.1) is 5.69 Å². The van der Waals surface area contributed by atoms with Crippen molar-refractivity contribution in [3.8, 4) is 17.2 Å². The predicted octanol–water partition coefficient (Wildman–Crippen LogP) is 4.38. The maximum Gasteiger partial charge on any atom is 0.265 e. The Hall–Kier alpha value is -3.06. The maximum absolute atomic E-state index is 13.0. The summed E-state index contributed by atoms with van der Waals surface area (Å²) in [6.45, 7) is 5.81. The van der Waals surface area contributed by atoms with Gasteiger partial charge in [-0.05, 0) is 43.7 Å². The Morgan fingerprint density at radius 1 is 1.10 bits per heavy atom. The highest BCUT2D eigenvalue weighted by molar-refractivity contribution is 7.13. The van der Waals surface area contributed by atoms with Gasteiger partial charge in [-0.1, -0.05) is 23.8 Å². The third kappa shape index (κ3) is 4.57. The third-order valence-corrected chi connectivity index (χ3v) is 5.91. The molecule has 0 unspecified atom stereocenters. The van der Waals surface area contributed by atoms with Crippen LogP contribution in [0, 0.1) is 13.8 Å². The standard InChI is InChI=1S/C23H24N2O4S/c1-15-4-7-18(8-5-15)29-14-21-24-16(2)22(30-21)23(26)25(3)13-17-6-9-19-20(12-17)28-11-10-27-19/h4-9,12H,10-11,13-14H2,1-3H3. The van der Waals surface area contributed by atoms with Crippen LogP contribution < -0.4 is 14.2 Å². The molecule has 1 aliphatic rings. The van der Waals surface area contributed by atoms with E-state index in [9.17, 15) is 4.79 Å². The largest absolute Gasteiger partial charge is 0.486 e. The van der Waals surface area contributed by atoms with Crippen molar-refractivity contribution in [2.75, 3.05) is 20.3 Å². The summed E-state index contributed by atoms with van der Waals surface area (Å²) in [7, 11) is 1.79. The molecule has 2 aromatic carbocycles. The lowest BCUT2D eigenvalue weighted by molar-refractivity contribution is 0.0788. The second kappa shape index (κ2) is 8.75. The van der Waals surface area contributed by atoms with Crippen LogP contribution in [0.4, 0.5) is 0 Å². The van der Waals surface area contributed by atoms with Gasteiger partial charge in [-0.25, -0.2) is 4.98 Å². The van der Waals surface area contributed by atoms with Crippen molar-refractivity contribution in [3.63, 3.8) is 0 Å². The molecule has 1 amide bonds. The predicted molar refractivity (Wildman–Crippen MR) is 116 cm³/mol. The lowest BCUT2D eigenvalue weighted by Gasteiger charge is -2.21. The first-order chi connectivity index (χ1) is 14.5. The second-order valence-electron chi connectivity index (χ2n) is 7.26. The molecule has 0 saturated heterocycles. The summed E-state index contributed by atoms with van der Waals surface area (Å²) >= 11 is 1.38. The molecule has 3 aromatic rings. The fourth-order valence-electron chi connectivity index (χ4n) is 3.20. The van der Waals surface area contributed by atoms with Crippen molar-refractivity contribution < 1.29 is 19.0 Å². The van der Waals surface area contributed by atoms with E-state index in [2.05, 4.69) is 4.98 Å². The molecule has 0 bridgehead atoms. The first kappa shape index (κ1) is 20.2. The number of amides is 1. The first-order valence-corrected chi connectivity index (χ1v) is 10.6. The molecule has 0 atom stereocenters. The van der Waals surface area contributed by atoms with Gasteiger partial charge in [0.15, 0.2) is 11.5 Å². The number of aryl methyl sites for hydroxylation is 2. The quantitative estimate of drug-likeness (QED) is 0.588. The van der Waals surface area contributed by atoms with Crippen molar-refractivity contribution in [1.82, 2.24) is 9.88 Å². The molecule has 0 aliphatic carbocycles. The molecule has 30 heavy (non-hydrogen) atoms. The molecule has 2 heterocycles. The number of hydrogen-bond acceptors (Lipinski definition) is 6. The summed E-state index contributed by atoms with van der Waals surface area (Å²) in [4.78, 5) is 19.8. The zero-order chi connectivity index (χ0) is 21.1. The highest BCUT2D eigenvalue weighted by atomic mass is 32.1. The molecule has 156 valence electrons. The van der Waals surface area contributed by atoms with Gasteiger partial charge in [-0.2, -0.15) is 0 Å². The lowest BCUT2D eigenvalue weighted by atomic mass is 10.2. The molecule has 7 heteroatoms. The highest BCUT2D eigenvalue weighted by Gasteiger charge is 2.20. The number of thiazole rings is 1. The van der Waals surface area contributed by atoms with Gasteiger partial charge in [-0.3, -0.25) is 4.79 Å². The number of aromatic nitrogens is 1. The van der Waals surface area contributed by atoms with Crippen LogP contribution in [0.2, 0.25) is 0 Å². The molecule has 0 radical (unpaired) electrons. The summed E-state index contributed by atoms with van der Waals surface area (Å²) in [6, 6.07) is 13.7. The van der Waals surface area contributed by atoms with Crippen LogP contribution in [0.1, 0.15) is 31.5 Å².